The Hall–Kier alpha value is -0.840. The lowest BCUT2D eigenvalue weighted by Crippen LogP contribution is -2.14. The van der Waals surface area contributed by atoms with E-state index in [2.05, 4.69) is 9.84 Å². The number of methoxy groups -OCH3 is 1. The Morgan fingerprint density at radius 1 is 1.59 bits per heavy atom. The van der Waals surface area contributed by atoms with Gasteiger partial charge in [0.05, 0.1) is 23.8 Å². The number of aliphatic hydroxyl groups excluding tert-OH is 1. The number of hydrogen-bond acceptors (Lipinski definition) is 4. The molecular weight excluding hydrogens is 356 g/mol. The Balaban J connectivity index is 3.35. The Morgan fingerprint density at radius 3 is 2.59 bits per heavy atom. The summed E-state index contributed by atoms with van der Waals surface area (Å²) in [7, 11) is 1.06. The van der Waals surface area contributed by atoms with Crippen molar-refractivity contribution in [3.63, 3.8) is 0 Å². The largest absolute Gasteiger partial charge is 0.464 e. The molecule has 0 spiro atoms. The summed E-state index contributed by atoms with van der Waals surface area (Å²) in [5.41, 5.74) is -1.47. The average Bonchev–Trinajstić information content (AvgIpc) is 2.55. The van der Waals surface area contributed by atoms with Crippen LogP contribution in [0.1, 0.15) is 16.2 Å². The number of rotatable bonds is 3. The molecule has 0 bridgehead atoms. The second-order valence-corrected chi connectivity index (χ2v) is 4.03. The minimum absolute atomic E-state index is 0.212. The molecule has 0 aliphatic rings. The SMILES string of the molecule is COC(=O)c1c(I)c(C(F)(F)F)nn1CCO. The van der Waals surface area contributed by atoms with Gasteiger partial charge in [0, 0.05) is 0 Å². The van der Waals surface area contributed by atoms with Crippen molar-refractivity contribution in [2.24, 2.45) is 0 Å². The van der Waals surface area contributed by atoms with Crippen molar-refractivity contribution in [3.05, 3.63) is 15.0 Å². The topological polar surface area (TPSA) is 64.3 Å². The lowest BCUT2D eigenvalue weighted by molar-refractivity contribution is -0.142. The van der Waals surface area contributed by atoms with E-state index in [9.17, 15) is 18.0 Å². The number of ether oxygens (including phenoxy) is 1. The molecule has 0 amide bonds. The summed E-state index contributed by atoms with van der Waals surface area (Å²) < 4.78 is 42.5. The van der Waals surface area contributed by atoms with Gasteiger partial charge >= 0.3 is 12.1 Å². The number of nitrogens with zero attached hydrogens (tertiary/aromatic N) is 2. The summed E-state index contributed by atoms with van der Waals surface area (Å²) in [4.78, 5) is 11.3. The van der Waals surface area contributed by atoms with Crippen LogP contribution in [0.3, 0.4) is 0 Å². The Kier molecular flexibility index (Phi) is 4.36. The van der Waals surface area contributed by atoms with Crippen LogP contribution in [0.5, 0.6) is 0 Å². The molecule has 0 aliphatic carbocycles. The fourth-order valence-electron chi connectivity index (χ4n) is 1.17. The average molecular weight is 364 g/mol. The number of alkyl halides is 3. The zero-order valence-corrected chi connectivity index (χ0v) is 10.7. The lowest BCUT2D eigenvalue weighted by atomic mass is 10.3. The van der Waals surface area contributed by atoms with Crippen LogP contribution in [-0.4, -0.2) is 34.6 Å². The van der Waals surface area contributed by atoms with Crippen LogP contribution in [0, 0.1) is 3.57 Å². The van der Waals surface area contributed by atoms with E-state index in [-0.39, 0.29) is 15.8 Å². The molecule has 1 aromatic heterocycles. The molecule has 0 aromatic carbocycles. The predicted octanol–water partition coefficient (Wildman–Crippen LogP) is 1.29. The summed E-state index contributed by atoms with van der Waals surface area (Å²) in [6.45, 7) is -0.643. The van der Waals surface area contributed by atoms with E-state index >= 15 is 0 Å². The van der Waals surface area contributed by atoms with Crippen LogP contribution in [0.2, 0.25) is 0 Å². The molecule has 0 unspecified atom stereocenters. The maximum absolute atomic E-state index is 12.6. The molecule has 1 rings (SSSR count). The molecule has 0 atom stereocenters. The zero-order chi connectivity index (χ0) is 13.2. The first-order valence-corrected chi connectivity index (χ1v) is 5.43. The van der Waals surface area contributed by atoms with Crippen LogP contribution in [0.25, 0.3) is 0 Å². The van der Waals surface area contributed by atoms with Crippen molar-refractivity contribution < 1.29 is 27.8 Å². The Morgan fingerprint density at radius 2 is 2.18 bits per heavy atom. The molecule has 1 heterocycles. The third-order valence-corrected chi connectivity index (χ3v) is 2.88. The Bertz CT molecular complexity index is 430. The highest BCUT2D eigenvalue weighted by molar-refractivity contribution is 14.1. The number of hydrogen-bond donors (Lipinski definition) is 1. The summed E-state index contributed by atoms with van der Waals surface area (Å²) in [6.07, 6.45) is -4.65. The van der Waals surface area contributed by atoms with Gasteiger partial charge in [0.1, 0.15) is 0 Å². The summed E-state index contributed by atoms with van der Waals surface area (Å²) in [5, 5.41) is 12.0. The quantitative estimate of drug-likeness (QED) is 0.649. The molecule has 5 nitrogen and oxygen atoms in total. The van der Waals surface area contributed by atoms with E-state index in [0.717, 1.165) is 11.8 Å². The molecule has 1 aromatic rings. The molecular formula is C8H8F3IN2O3. The van der Waals surface area contributed by atoms with Gasteiger partial charge in [0.25, 0.3) is 0 Å². The summed E-state index contributed by atoms with van der Waals surface area (Å²) >= 11 is 1.38. The van der Waals surface area contributed by atoms with E-state index in [1.165, 1.54) is 22.6 Å². The summed E-state index contributed by atoms with van der Waals surface area (Å²) in [5.74, 6) is -0.925. The van der Waals surface area contributed by atoms with Crippen LogP contribution in [0.15, 0.2) is 0 Å². The molecule has 0 radical (unpaired) electrons. The van der Waals surface area contributed by atoms with E-state index in [1.807, 2.05) is 0 Å². The fourth-order valence-corrected chi connectivity index (χ4v) is 2.08. The van der Waals surface area contributed by atoms with Gasteiger partial charge in [-0.1, -0.05) is 0 Å². The zero-order valence-electron chi connectivity index (χ0n) is 8.58. The minimum atomic E-state index is -4.65. The van der Waals surface area contributed by atoms with E-state index < -0.39 is 24.4 Å². The molecule has 96 valence electrons. The number of carbonyl (C=O) groups excluding carboxylic acids is 1. The maximum Gasteiger partial charge on any atom is 0.436 e. The lowest BCUT2D eigenvalue weighted by Gasteiger charge is -2.03. The van der Waals surface area contributed by atoms with Crippen LogP contribution in [-0.2, 0) is 17.5 Å². The number of aliphatic hydroxyl groups is 1. The van der Waals surface area contributed by atoms with Crippen molar-refractivity contribution >= 4 is 28.6 Å². The number of carbonyl (C=O) groups is 1. The van der Waals surface area contributed by atoms with Crippen LogP contribution >= 0.6 is 22.6 Å². The molecule has 0 saturated heterocycles. The standard InChI is InChI=1S/C8H8F3IN2O3/c1-17-7(16)5-4(12)6(8(9,10)11)13-14(5)2-3-15/h15H,2-3H2,1H3. The molecule has 17 heavy (non-hydrogen) atoms. The second-order valence-electron chi connectivity index (χ2n) is 2.95. The van der Waals surface area contributed by atoms with Gasteiger partial charge in [-0.25, -0.2) is 4.79 Å². The van der Waals surface area contributed by atoms with E-state index in [0.29, 0.717) is 0 Å². The van der Waals surface area contributed by atoms with Crippen LogP contribution in [0.4, 0.5) is 13.2 Å². The molecule has 9 heteroatoms. The highest BCUT2D eigenvalue weighted by Gasteiger charge is 2.40. The van der Waals surface area contributed by atoms with Crippen molar-refractivity contribution in [1.29, 1.82) is 0 Å². The van der Waals surface area contributed by atoms with Gasteiger partial charge in [0.2, 0.25) is 0 Å². The third kappa shape index (κ3) is 2.89. The molecule has 0 aliphatic heterocycles. The number of aromatic nitrogens is 2. The van der Waals surface area contributed by atoms with Gasteiger partial charge in [0.15, 0.2) is 11.4 Å². The molecule has 0 saturated carbocycles. The van der Waals surface area contributed by atoms with E-state index in [4.69, 9.17) is 5.11 Å². The van der Waals surface area contributed by atoms with Gasteiger partial charge in [-0.3, -0.25) is 4.68 Å². The highest BCUT2D eigenvalue weighted by Crippen LogP contribution is 2.33. The van der Waals surface area contributed by atoms with E-state index in [1.54, 1.807) is 0 Å². The summed E-state index contributed by atoms with van der Waals surface area (Å²) in [6, 6.07) is 0. The van der Waals surface area contributed by atoms with Crippen molar-refractivity contribution in [2.75, 3.05) is 13.7 Å². The smallest absolute Gasteiger partial charge is 0.436 e. The maximum atomic E-state index is 12.6. The van der Waals surface area contributed by atoms with Crippen molar-refractivity contribution in [1.82, 2.24) is 9.78 Å². The van der Waals surface area contributed by atoms with Gasteiger partial charge in [-0.15, -0.1) is 0 Å². The first-order chi connectivity index (χ1) is 7.82. The minimum Gasteiger partial charge on any atom is -0.464 e. The Labute approximate surface area is 108 Å². The van der Waals surface area contributed by atoms with Crippen molar-refractivity contribution in [3.8, 4) is 0 Å². The highest BCUT2D eigenvalue weighted by atomic mass is 127. The number of halogens is 4. The second kappa shape index (κ2) is 5.21. The molecule has 1 N–H and O–H groups in total. The third-order valence-electron chi connectivity index (χ3n) is 1.85. The monoisotopic (exact) mass is 364 g/mol. The normalized spacial score (nSPS) is 11.6. The van der Waals surface area contributed by atoms with Crippen molar-refractivity contribution in [2.45, 2.75) is 12.7 Å². The number of esters is 1. The first-order valence-electron chi connectivity index (χ1n) is 4.35. The first kappa shape index (κ1) is 14.2. The van der Waals surface area contributed by atoms with Gasteiger partial charge in [-0.05, 0) is 22.6 Å². The fraction of sp³-hybridized carbons (Fsp3) is 0.500. The molecule has 0 fully saturated rings. The van der Waals surface area contributed by atoms with Crippen LogP contribution < -0.4 is 0 Å². The predicted molar refractivity (Wildman–Crippen MR) is 58.4 cm³/mol. The van der Waals surface area contributed by atoms with Gasteiger partial charge in [-0.2, -0.15) is 18.3 Å². The van der Waals surface area contributed by atoms with Gasteiger partial charge < -0.3 is 9.84 Å².